The minimum atomic E-state index is -0.492. The number of hydrazine groups is 1. The van der Waals surface area contributed by atoms with E-state index in [-0.39, 0.29) is 18.1 Å². The second-order valence-corrected chi connectivity index (χ2v) is 6.31. The molecule has 0 fully saturated rings. The summed E-state index contributed by atoms with van der Waals surface area (Å²) in [7, 11) is 0. The first-order valence-electron chi connectivity index (χ1n) is 7.88. The molecular formula is C18H21N3O3S. The molecule has 0 aliphatic rings. The van der Waals surface area contributed by atoms with Crippen molar-refractivity contribution in [2.45, 2.75) is 26.7 Å². The zero-order valence-corrected chi connectivity index (χ0v) is 15.2. The maximum atomic E-state index is 12.0. The van der Waals surface area contributed by atoms with Crippen molar-refractivity contribution >= 4 is 24.0 Å². The first kappa shape index (κ1) is 18.7. The van der Waals surface area contributed by atoms with Crippen molar-refractivity contribution in [3.05, 3.63) is 57.9 Å². The number of ether oxygens (including phenoxy) is 1. The van der Waals surface area contributed by atoms with Crippen LogP contribution in [0.2, 0.25) is 0 Å². The van der Waals surface area contributed by atoms with Crippen LogP contribution in [0.5, 0.6) is 5.75 Å². The standard InChI is InChI=1S/C18H21N3O3S/c1-11(2)13-7-6-12(3)9-15(13)24-10-16(22)20-21-17(23)14-5-4-8-19-18(14)25/h4-9,11H,10H2,1-3H3,(H,19,25)(H,20,22)(H,21,23). The van der Waals surface area contributed by atoms with Crippen LogP contribution >= 0.6 is 12.2 Å². The van der Waals surface area contributed by atoms with Gasteiger partial charge in [-0.15, -0.1) is 0 Å². The monoisotopic (exact) mass is 359 g/mol. The lowest BCUT2D eigenvalue weighted by molar-refractivity contribution is -0.123. The van der Waals surface area contributed by atoms with Crippen LogP contribution in [0, 0.1) is 11.6 Å². The van der Waals surface area contributed by atoms with Gasteiger partial charge in [0.2, 0.25) is 0 Å². The molecule has 7 heteroatoms. The number of pyridine rings is 1. The highest BCUT2D eigenvalue weighted by atomic mass is 32.1. The number of aromatic nitrogens is 1. The maximum absolute atomic E-state index is 12.0. The molecule has 6 nitrogen and oxygen atoms in total. The zero-order chi connectivity index (χ0) is 18.4. The number of carbonyl (C=O) groups is 2. The van der Waals surface area contributed by atoms with E-state index in [9.17, 15) is 9.59 Å². The molecule has 0 radical (unpaired) electrons. The van der Waals surface area contributed by atoms with Crippen molar-refractivity contribution in [2.75, 3.05) is 6.61 Å². The summed E-state index contributed by atoms with van der Waals surface area (Å²) in [6.07, 6.45) is 1.62. The number of aromatic amines is 1. The van der Waals surface area contributed by atoms with Crippen molar-refractivity contribution in [1.29, 1.82) is 0 Å². The van der Waals surface area contributed by atoms with Gasteiger partial charge < -0.3 is 9.72 Å². The molecule has 2 rings (SSSR count). The van der Waals surface area contributed by atoms with Crippen LogP contribution in [0.4, 0.5) is 0 Å². The molecule has 2 amide bonds. The van der Waals surface area contributed by atoms with Crippen molar-refractivity contribution < 1.29 is 14.3 Å². The predicted octanol–water partition coefficient (Wildman–Crippen LogP) is 3.02. The molecule has 0 aliphatic heterocycles. The Morgan fingerprint density at radius 2 is 2.00 bits per heavy atom. The molecule has 0 spiro atoms. The summed E-state index contributed by atoms with van der Waals surface area (Å²) in [6.45, 7) is 5.87. The number of nitrogens with one attached hydrogen (secondary N) is 3. The molecule has 1 aromatic heterocycles. The van der Waals surface area contributed by atoms with Crippen LogP contribution in [0.3, 0.4) is 0 Å². The number of rotatable bonds is 5. The summed E-state index contributed by atoms with van der Waals surface area (Å²) in [6, 6.07) is 9.11. The number of hydrogen-bond donors (Lipinski definition) is 3. The molecule has 0 bridgehead atoms. The van der Waals surface area contributed by atoms with Gasteiger partial charge in [-0.2, -0.15) is 0 Å². The Balaban J connectivity index is 1.91. The van der Waals surface area contributed by atoms with Crippen LogP contribution in [-0.4, -0.2) is 23.4 Å². The van der Waals surface area contributed by atoms with Crippen molar-refractivity contribution in [3.63, 3.8) is 0 Å². The van der Waals surface area contributed by atoms with Gasteiger partial charge in [0.15, 0.2) is 6.61 Å². The Bertz CT molecular complexity index is 830. The fraction of sp³-hybridized carbons (Fsp3) is 0.278. The van der Waals surface area contributed by atoms with Crippen LogP contribution < -0.4 is 15.6 Å². The lowest BCUT2D eigenvalue weighted by Crippen LogP contribution is -2.44. The molecule has 0 aliphatic carbocycles. The van der Waals surface area contributed by atoms with Crippen molar-refractivity contribution in [1.82, 2.24) is 15.8 Å². The van der Waals surface area contributed by atoms with Gasteiger partial charge in [-0.25, -0.2) is 0 Å². The van der Waals surface area contributed by atoms with E-state index in [4.69, 9.17) is 17.0 Å². The molecule has 0 saturated carbocycles. The second kappa shape index (κ2) is 8.43. The van der Waals surface area contributed by atoms with Gasteiger partial charge in [0, 0.05) is 6.20 Å². The van der Waals surface area contributed by atoms with Crippen LogP contribution in [0.1, 0.15) is 41.3 Å². The number of H-pyrrole nitrogens is 1. The lowest BCUT2D eigenvalue weighted by Gasteiger charge is -2.15. The Morgan fingerprint density at radius 1 is 1.24 bits per heavy atom. The van der Waals surface area contributed by atoms with Gasteiger partial charge in [-0.05, 0) is 42.2 Å². The fourth-order valence-corrected chi connectivity index (χ4v) is 2.45. The predicted molar refractivity (Wildman–Crippen MR) is 98.0 cm³/mol. The highest BCUT2D eigenvalue weighted by Gasteiger charge is 2.12. The van der Waals surface area contributed by atoms with Crippen LogP contribution in [-0.2, 0) is 4.79 Å². The summed E-state index contributed by atoms with van der Waals surface area (Å²) < 4.78 is 5.91. The highest BCUT2D eigenvalue weighted by Crippen LogP contribution is 2.27. The fourth-order valence-electron chi connectivity index (χ4n) is 2.22. The molecule has 25 heavy (non-hydrogen) atoms. The topological polar surface area (TPSA) is 83.2 Å². The number of carbonyl (C=O) groups excluding carboxylic acids is 2. The largest absolute Gasteiger partial charge is 0.483 e. The number of aryl methyl sites for hydroxylation is 1. The third-order valence-electron chi connectivity index (χ3n) is 3.53. The smallest absolute Gasteiger partial charge is 0.276 e. The Hall–Kier alpha value is -2.67. The highest BCUT2D eigenvalue weighted by molar-refractivity contribution is 7.71. The molecule has 132 valence electrons. The molecular weight excluding hydrogens is 338 g/mol. The van der Waals surface area contributed by atoms with Crippen LogP contribution in [0.25, 0.3) is 0 Å². The molecule has 0 saturated heterocycles. The van der Waals surface area contributed by atoms with Crippen molar-refractivity contribution in [3.8, 4) is 5.75 Å². The Labute approximate surface area is 151 Å². The first-order chi connectivity index (χ1) is 11.9. The lowest BCUT2D eigenvalue weighted by atomic mass is 10.0. The summed E-state index contributed by atoms with van der Waals surface area (Å²) in [4.78, 5) is 26.7. The quantitative estimate of drug-likeness (QED) is 0.566. The minimum Gasteiger partial charge on any atom is -0.483 e. The van der Waals surface area contributed by atoms with E-state index in [1.54, 1.807) is 18.3 Å². The van der Waals surface area contributed by atoms with Crippen molar-refractivity contribution in [2.24, 2.45) is 0 Å². The summed E-state index contributed by atoms with van der Waals surface area (Å²) in [5.41, 5.74) is 6.99. The Kier molecular flexibility index (Phi) is 6.30. The average Bonchev–Trinajstić information content (AvgIpc) is 2.58. The normalized spacial score (nSPS) is 10.4. The number of amides is 2. The molecule has 1 aromatic carbocycles. The van der Waals surface area contributed by atoms with E-state index in [0.29, 0.717) is 10.4 Å². The number of benzene rings is 1. The van der Waals surface area contributed by atoms with E-state index < -0.39 is 11.8 Å². The molecule has 1 heterocycles. The molecule has 0 atom stereocenters. The summed E-state index contributed by atoms with van der Waals surface area (Å²) >= 11 is 5.02. The molecule has 2 aromatic rings. The SMILES string of the molecule is Cc1ccc(C(C)C)c(OCC(=O)NNC(=O)c2ccc[nH]c2=S)c1. The van der Waals surface area contributed by atoms with E-state index in [2.05, 4.69) is 29.7 Å². The first-order valence-corrected chi connectivity index (χ1v) is 8.29. The summed E-state index contributed by atoms with van der Waals surface area (Å²) in [5, 5.41) is 0. The second-order valence-electron chi connectivity index (χ2n) is 5.90. The third kappa shape index (κ3) is 5.15. The maximum Gasteiger partial charge on any atom is 0.276 e. The minimum absolute atomic E-state index is 0.203. The summed E-state index contributed by atoms with van der Waals surface area (Å²) in [5.74, 6) is -0.0100. The van der Waals surface area contributed by atoms with Gasteiger partial charge in [0.1, 0.15) is 10.4 Å². The average molecular weight is 359 g/mol. The Morgan fingerprint density at radius 3 is 2.68 bits per heavy atom. The van der Waals surface area contributed by atoms with E-state index >= 15 is 0 Å². The van der Waals surface area contributed by atoms with Gasteiger partial charge in [-0.3, -0.25) is 20.4 Å². The molecule has 3 N–H and O–H groups in total. The third-order valence-corrected chi connectivity index (χ3v) is 3.87. The zero-order valence-electron chi connectivity index (χ0n) is 14.4. The molecule has 0 unspecified atom stereocenters. The van der Waals surface area contributed by atoms with Crippen LogP contribution in [0.15, 0.2) is 36.5 Å². The van der Waals surface area contributed by atoms with Gasteiger partial charge in [0.25, 0.3) is 11.8 Å². The van der Waals surface area contributed by atoms with E-state index in [1.807, 2.05) is 25.1 Å². The van der Waals surface area contributed by atoms with Gasteiger partial charge in [0.05, 0.1) is 5.56 Å². The van der Waals surface area contributed by atoms with Gasteiger partial charge >= 0.3 is 0 Å². The number of hydrogen-bond acceptors (Lipinski definition) is 4. The van der Waals surface area contributed by atoms with E-state index in [1.165, 1.54) is 0 Å². The van der Waals surface area contributed by atoms with E-state index in [0.717, 1.165) is 11.1 Å². The van der Waals surface area contributed by atoms with Gasteiger partial charge in [-0.1, -0.05) is 38.2 Å².